The molecule has 1 aliphatic carbocycles. The summed E-state index contributed by atoms with van der Waals surface area (Å²) < 4.78 is 28.4. The lowest BCUT2D eigenvalue weighted by Gasteiger charge is -2.38. The van der Waals surface area contributed by atoms with E-state index in [0.29, 0.717) is 19.1 Å². The van der Waals surface area contributed by atoms with Crippen LogP contribution in [0.2, 0.25) is 0 Å². The summed E-state index contributed by atoms with van der Waals surface area (Å²) in [7, 11) is -3.29. The van der Waals surface area contributed by atoms with Crippen molar-refractivity contribution in [2.45, 2.75) is 58.0 Å². The summed E-state index contributed by atoms with van der Waals surface area (Å²) in [6.45, 7) is 7.18. The lowest BCUT2D eigenvalue weighted by atomic mass is 9.74. The van der Waals surface area contributed by atoms with Crippen LogP contribution in [-0.2, 0) is 10.2 Å². The first-order valence-electron chi connectivity index (χ1n) is 6.67. The van der Waals surface area contributed by atoms with Crippen molar-refractivity contribution in [1.82, 2.24) is 9.03 Å². The molecular formula is C12H25N3O2S. The highest BCUT2D eigenvalue weighted by Crippen LogP contribution is 2.37. The zero-order chi connectivity index (χ0) is 13.6. The lowest BCUT2D eigenvalue weighted by Crippen LogP contribution is -2.42. The minimum Gasteiger partial charge on any atom is -0.328 e. The Morgan fingerprint density at radius 1 is 1.28 bits per heavy atom. The molecule has 2 rings (SSSR count). The Kier molecular flexibility index (Phi) is 3.51. The molecular weight excluding hydrogens is 250 g/mol. The first-order valence-corrected chi connectivity index (χ1v) is 8.11. The maximum Gasteiger partial charge on any atom is 0.280 e. The summed E-state index contributed by atoms with van der Waals surface area (Å²) in [5, 5.41) is 0. The van der Waals surface area contributed by atoms with Crippen molar-refractivity contribution in [2.75, 3.05) is 13.1 Å². The highest BCUT2D eigenvalue weighted by Gasteiger charge is 2.44. The molecule has 0 radical (unpaired) electrons. The van der Waals surface area contributed by atoms with Crippen LogP contribution in [0.3, 0.4) is 0 Å². The average Bonchev–Trinajstić information content (AvgIpc) is 2.40. The van der Waals surface area contributed by atoms with E-state index in [9.17, 15) is 8.42 Å². The first kappa shape index (κ1) is 14.2. The van der Waals surface area contributed by atoms with Crippen molar-refractivity contribution in [1.29, 1.82) is 0 Å². The maximum atomic E-state index is 12.0. The molecule has 0 unspecified atom stereocenters. The maximum absolute atomic E-state index is 12.0. The SMILES string of the molecule is CC1(CN2CC(C)(C)NS2(=O)=O)CCC(N)CC1. The van der Waals surface area contributed by atoms with Crippen LogP contribution in [0.25, 0.3) is 0 Å². The van der Waals surface area contributed by atoms with Gasteiger partial charge in [-0.1, -0.05) is 6.92 Å². The molecule has 0 atom stereocenters. The normalized spacial score (nSPS) is 39.9. The number of nitrogens with two attached hydrogens (primary N) is 1. The molecule has 0 aromatic heterocycles. The van der Waals surface area contributed by atoms with Gasteiger partial charge in [-0.15, -0.1) is 0 Å². The molecule has 0 spiro atoms. The fourth-order valence-electron chi connectivity index (χ4n) is 3.03. The smallest absolute Gasteiger partial charge is 0.280 e. The van der Waals surface area contributed by atoms with Gasteiger partial charge >= 0.3 is 0 Å². The number of nitrogens with zero attached hydrogens (tertiary/aromatic N) is 1. The second-order valence-electron chi connectivity index (χ2n) is 6.91. The number of hydrogen-bond donors (Lipinski definition) is 2. The van der Waals surface area contributed by atoms with Gasteiger partial charge in [-0.2, -0.15) is 17.4 Å². The molecule has 5 nitrogen and oxygen atoms in total. The van der Waals surface area contributed by atoms with Gasteiger partial charge in [0.2, 0.25) is 0 Å². The van der Waals surface area contributed by atoms with Gasteiger partial charge in [0.05, 0.1) is 0 Å². The van der Waals surface area contributed by atoms with Gasteiger partial charge in [-0.3, -0.25) is 0 Å². The molecule has 1 saturated heterocycles. The molecule has 1 saturated carbocycles. The van der Waals surface area contributed by atoms with E-state index >= 15 is 0 Å². The van der Waals surface area contributed by atoms with Crippen LogP contribution in [0.15, 0.2) is 0 Å². The minimum atomic E-state index is -3.29. The third kappa shape index (κ3) is 3.04. The van der Waals surface area contributed by atoms with Crippen molar-refractivity contribution < 1.29 is 8.42 Å². The Morgan fingerprint density at radius 2 is 1.83 bits per heavy atom. The summed E-state index contributed by atoms with van der Waals surface area (Å²) in [4.78, 5) is 0. The first-order chi connectivity index (χ1) is 8.12. The van der Waals surface area contributed by atoms with Crippen LogP contribution in [-0.4, -0.2) is 37.4 Å². The summed E-state index contributed by atoms with van der Waals surface area (Å²) in [5.74, 6) is 0. The molecule has 0 amide bonds. The van der Waals surface area contributed by atoms with Crippen LogP contribution in [0, 0.1) is 5.41 Å². The Morgan fingerprint density at radius 3 is 2.28 bits per heavy atom. The van der Waals surface area contributed by atoms with Crippen LogP contribution in [0.4, 0.5) is 0 Å². The number of nitrogens with one attached hydrogen (secondary N) is 1. The molecule has 106 valence electrons. The van der Waals surface area contributed by atoms with E-state index in [2.05, 4.69) is 11.6 Å². The third-order valence-electron chi connectivity index (χ3n) is 4.11. The van der Waals surface area contributed by atoms with Gasteiger partial charge in [0, 0.05) is 24.7 Å². The zero-order valence-corrected chi connectivity index (χ0v) is 12.4. The van der Waals surface area contributed by atoms with E-state index in [0.717, 1.165) is 25.7 Å². The van der Waals surface area contributed by atoms with Gasteiger partial charge in [-0.25, -0.2) is 0 Å². The monoisotopic (exact) mass is 275 g/mol. The molecule has 0 aromatic carbocycles. The molecule has 1 heterocycles. The molecule has 0 bridgehead atoms. The standard InChI is InChI=1S/C12H25N3O2S/c1-11(2)8-15(18(16,17)14-11)9-12(3)6-4-10(13)5-7-12/h10,14H,4-9,13H2,1-3H3. The minimum absolute atomic E-state index is 0.0744. The molecule has 6 heteroatoms. The van der Waals surface area contributed by atoms with E-state index in [-0.39, 0.29) is 11.0 Å². The van der Waals surface area contributed by atoms with Gasteiger partial charge in [0.15, 0.2) is 0 Å². The van der Waals surface area contributed by atoms with Crippen molar-refractivity contribution in [3.05, 3.63) is 0 Å². The molecule has 2 fully saturated rings. The predicted molar refractivity (Wildman–Crippen MR) is 72.3 cm³/mol. The van der Waals surface area contributed by atoms with Crippen LogP contribution >= 0.6 is 0 Å². The van der Waals surface area contributed by atoms with Gasteiger partial charge in [-0.05, 0) is 44.9 Å². The Hall–Kier alpha value is -0.170. The van der Waals surface area contributed by atoms with E-state index < -0.39 is 10.2 Å². The van der Waals surface area contributed by atoms with Crippen molar-refractivity contribution >= 4 is 10.2 Å². The van der Waals surface area contributed by atoms with Crippen LogP contribution in [0.1, 0.15) is 46.5 Å². The largest absolute Gasteiger partial charge is 0.328 e. The average molecular weight is 275 g/mol. The van der Waals surface area contributed by atoms with Crippen molar-refractivity contribution in [3.8, 4) is 0 Å². The fraction of sp³-hybridized carbons (Fsp3) is 1.00. The zero-order valence-electron chi connectivity index (χ0n) is 11.6. The van der Waals surface area contributed by atoms with Crippen molar-refractivity contribution in [2.24, 2.45) is 11.1 Å². The van der Waals surface area contributed by atoms with E-state index in [4.69, 9.17) is 5.73 Å². The second kappa shape index (κ2) is 4.44. The third-order valence-corrected chi connectivity index (χ3v) is 5.86. The highest BCUT2D eigenvalue weighted by atomic mass is 32.2. The van der Waals surface area contributed by atoms with Gasteiger partial charge in [0.1, 0.15) is 0 Å². The predicted octanol–water partition coefficient (Wildman–Crippen LogP) is 0.823. The summed E-state index contributed by atoms with van der Waals surface area (Å²) in [5.41, 5.74) is 5.63. The fourth-order valence-corrected chi connectivity index (χ4v) is 4.90. The van der Waals surface area contributed by atoms with Crippen LogP contribution < -0.4 is 10.5 Å². The topological polar surface area (TPSA) is 75.4 Å². The van der Waals surface area contributed by atoms with E-state index in [1.165, 1.54) is 0 Å². The van der Waals surface area contributed by atoms with E-state index in [1.807, 2.05) is 13.8 Å². The summed E-state index contributed by atoms with van der Waals surface area (Å²) in [6, 6.07) is 0.294. The van der Waals surface area contributed by atoms with Crippen molar-refractivity contribution in [3.63, 3.8) is 0 Å². The summed E-state index contributed by atoms with van der Waals surface area (Å²) in [6.07, 6.45) is 4.03. The molecule has 0 aromatic rings. The van der Waals surface area contributed by atoms with E-state index in [1.54, 1.807) is 4.31 Å². The molecule has 2 aliphatic rings. The molecule has 18 heavy (non-hydrogen) atoms. The summed E-state index contributed by atoms with van der Waals surface area (Å²) >= 11 is 0. The Labute approximate surface area is 110 Å². The number of rotatable bonds is 2. The second-order valence-corrected chi connectivity index (χ2v) is 8.58. The quantitative estimate of drug-likeness (QED) is 0.783. The van der Waals surface area contributed by atoms with Gasteiger partial charge < -0.3 is 5.73 Å². The Balaban J connectivity index is 2.06. The highest BCUT2D eigenvalue weighted by molar-refractivity contribution is 7.87. The van der Waals surface area contributed by atoms with Crippen LogP contribution in [0.5, 0.6) is 0 Å². The Bertz CT molecular complexity index is 411. The molecule has 1 aliphatic heterocycles. The molecule has 3 N–H and O–H groups in total. The number of hydrogen-bond acceptors (Lipinski definition) is 3. The van der Waals surface area contributed by atoms with Gasteiger partial charge in [0.25, 0.3) is 10.2 Å². The lowest BCUT2D eigenvalue weighted by molar-refractivity contribution is 0.156.